The fourth-order valence-electron chi connectivity index (χ4n) is 2.71. The predicted octanol–water partition coefficient (Wildman–Crippen LogP) is 2.04. The van der Waals surface area contributed by atoms with Gasteiger partial charge in [0, 0.05) is 29.2 Å². The number of halogens is 1. The van der Waals surface area contributed by atoms with Gasteiger partial charge in [0.2, 0.25) is 5.91 Å². The Balaban J connectivity index is 1.94. The third-order valence-corrected chi connectivity index (χ3v) is 4.33. The smallest absolute Gasteiger partial charge is 0.268 e. The molecule has 1 heterocycles. The van der Waals surface area contributed by atoms with Crippen molar-refractivity contribution in [3.63, 3.8) is 0 Å². The number of nitrogens with zero attached hydrogens (tertiary/aromatic N) is 1. The predicted molar refractivity (Wildman–Crippen MR) is 80.2 cm³/mol. The van der Waals surface area contributed by atoms with Crippen LogP contribution in [-0.2, 0) is 11.3 Å². The van der Waals surface area contributed by atoms with Crippen LogP contribution in [0.5, 0.6) is 0 Å². The number of carbonyl (C=O) groups excluding carboxylic acids is 2. The van der Waals surface area contributed by atoms with Gasteiger partial charge >= 0.3 is 0 Å². The van der Waals surface area contributed by atoms with E-state index in [0.29, 0.717) is 5.69 Å². The van der Waals surface area contributed by atoms with Crippen LogP contribution in [0.1, 0.15) is 43.1 Å². The molecule has 0 unspecified atom stereocenters. The van der Waals surface area contributed by atoms with E-state index in [0.717, 1.165) is 36.7 Å². The molecule has 6 heteroatoms. The molecule has 1 aliphatic rings. The maximum absolute atomic E-state index is 12.3. The van der Waals surface area contributed by atoms with Crippen LogP contribution in [0.4, 0.5) is 0 Å². The van der Waals surface area contributed by atoms with E-state index in [1.165, 1.54) is 0 Å². The van der Waals surface area contributed by atoms with Crippen LogP contribution in [0.2, 0.25) is 0 Å². The molecular weight excluding hydrogens is 322 g/mol. The molecule has 1 fully saturated rings. The van der Waals surface area contributed by atoms with Crippen molar-refractivity contribution < 1.29 is 9.59 Å². The molecule has 0 bridgehead atoms. The van der Waals surface area contributed by atoms with E-state index in [4.69, 9.17) is 5.73 Å². The van der Waals surface area contributed by atoms with Crippen molar-refractivity contribution in [3.8, 4) is 0 Å². The first kappa shape index (κ1) is 15.1. The van der Waals surface area contributed by atoms with Crippen LogP contribution in [0.3, 0.4) is 0 Å². The third-order valence-electron chi connectivity index (χ3n) is 3.90. The lowest BCUT2D eigenvalue weighted by Crippen LogP contribution is -2.40. The monoisotopic (exact) mass is 341 g/mol. The molecule has 0 aliphatic heterocycles. The van der Waals surface area contributed by atoms with Gasteiger partial charge in [-0.2, -0.15) is 0 Å². The topological polar surface area (TPSA) is 77.1 Å². The van der Waals surface area contributed by atoms with Crippen molar-refractivity contribution in [1.82, 2.24) is 9.88 Å². The molecule has 0 atom stereocenters. The quantitative estimate of drug-likeness (QED) is 0.879. The third kappa shape index (κ3) is 3.42. The summed E-state index contributed by atoms with van der Waals surface area (Å²) in [5.41, 5.74) is 5.97. The maximum atomic E-state index is 12.3. The Morgan fingerprint density at radius 1 is 1.40 bits per heavy atom. The largest absolute Gasteiger partial charge is 0.369 e. The van der Waals surface area contributed by atoms with E-state index in [1.807, 2.05) is 23.8 Å². The Kier molecular flexibility index (Phi) is 4.86. The highest BCUT2D eigenvalue weighted by Gasteiger charge is 2.26. The first-order valence-corrected chi connectivity index (χ1v) is 7.76. The molecule has 0 spiro atoms. The summed E-state index contributed by atoms with van der Waals surface area (Å²) in [5, 5.41) is 3.05. The molecule has 2 rings (SSSR count). The minimum absolute atomic E-state index is 0.0307. The highest BCUT2D eigenvalue weighted by Crippen LogP contribution is 2.24. The van der Waals surface area contributed by atoms with Crippen molar-refractivity contribution in [1.29, 1.82) is 0 Å². The standard InChI is InChI=1S/C14H20BrN3O2/c1-2-18-8-10(15)7-12(18)14(20)17-11-5-3-9(4-6-11)13(16)19/h7-9,11H,2-6H2,1H3,(H2,16,19)(H,17,20). The van der Waals surface area contributed by atoms with Crippen molar-refractivity contribution in [2.75, 3.05) is 0 Å². The van der Waals surface area contributed by atoms with E-state index in [2.05, 4.69) is 21.2 Å². The Bertz CT molecular complexity index is 505. The lowest BCUT2D eigenvalue weighted by molar-refractivity contribution is -0.122. The van der Waals surface area contributed by atoms with Gasteiger partial charge in [-0.25, -0.2) is 0 Å². The van der Waals surface area contributed by atoms with Gasteiger partial charge in [0.1, 0.15) is 5.69 Å². The van der Waals surface area contributed by atoms with Crippen LogP contribution in [0.15, 0.2) is 16.7 Å². The highest BCUT2D eigenvalue weighted by molar-refractivity contribution is 9.10. The fourth-order valence-corrected chi connectivity index (χ4v) is 3.17. The van der Waals surface area contributed by atoms with E-state index in [1.54, 1.807) is 0 Å². The fraction of sp³-hybridized carbons (Fsp3) is 0.571. The molecule has 1 saturated carbocycles. The Morgan fingerprint density at radius 3 is 2.60 bits per heavy atom. The normalized spacial score (nSPS) is 22.5. The van der Waals surface area contributed by atoms with E-state index < -0.39 is 0 Å². The average Bonchev–Trinajstić information content (AvgIpc) is 2.80. The maximum Gasteiger partial charge on any atom is 0.268 e. The summed E-state index contributed by atoms with van der Waals surface area (Å²) < 4.78 is 2.82. The number of hydrogen-bond donors (Lipinski definition) is 2. The summed E-state index contributed by atoms with van der Waals surface area (Å²) in [5.74, 6) is -0.310. The number of amides is 2. The van der Waals surface area contributed by atoms with Crippen LogP contribution >= 0.6 is 15.9 Å². The van der Waals surface area contributed by atoms with Gasteiger partial charge in [-0.05, 0) is 54.6 Å². The summed E-state index contributed by atoms with van der Waals surface area (Å²) in [4.78, 5) is 23.4. The number of primary amides is 1. The number of hydrogen-bond acceptors (Lipinski definition) is 2. The zero-order chi connectivity index (χ0) is 14.7. The van der Waals surface area contributed by atoms with E-state index in [-0.39, 0.29) is 23.8 Å². The van der Waals surface area contributed by atoms with Gasteiger partial charge in [-0.1, -0.05) is 0 Å². The molecule has 1 aliphatic carbocycles. The van der Waals surface area contributed by atoms with Crippen LogP contribution < -0.4 is 11.1 Å². The zero-order valence-corrected chi connectivity index (χ0v) is 13.1. The SMILES string of the molecule is CCn1cc(Br)cc1C(=O)NC1CCC(C(N)=O)CC1. The Hall–Kier alpha value is -1.30. The van der Waals surface area contributed by atoms with Gasteiger partial charge in [-0.15, -0.1) is 0 Å². The van der Waals surface area contributed by atoms with E-state index >= 15 is 0 Å². The second kappa shape index (κ2) is 6.43. The highest BCUT2D eigenvalue weighted by atomic mass is 79.9. The summed E-state index contributed by atoms with van der Waals surface area (Å²) in [6.45, 7) is 2.75. The second-order valence-electron chi connectivity index (χ2n) is 5.25. The Morgan fingerprint density at radius 2 is 2.05 bits per heavy atom. The zero-order valence-electron chi connectivity index (χ0n) is 11.6. The number of carbonyl (C=O) groups is 2. The van der Waals surface area contributed by atoms with Crippen molar-refractivity contribution in [2.24, 2.45) is 11.7 Å². The van der Waals surface area contributed by atoms with Crippen LogP contribution in [0.25, 0.3) is 0 Å². The van der Waals surface area contributed by atoms with Crippen molar-refractivity contribution in [2.45, 2.75) is 45.2 Å². The summed E-state index contributed by atoms with van der Waals surface area (Å²) in [6, 6.07) is 1.96. The lowest BCUT2D eigenvalue weighted by atomic mass is 9.85. The van der Waals surface area contributed by atoms with Gasteiger partial charge in [0.25, 0.3) is 5.91 Å². The van der Waals surface area contributed by atoms with Gasteiger partial charge in [0.15, 0.2) is 0 Å². The molecule has 0 saturated heterocycles. The molecule has 1 aromatic heterocycles. The molecule has 0 aromatic carbocycles. The number of nitrogens with two attached hydrogens (primary N) is 1. The van der Waals surface area contributed by atoms with Gasteiger partial charge in [0.05, 0.1) is 0 Å². The first-order chi connectivity index (χ1) is 9.51. The van der Waals surface area contributed by atoms with Gasteiger partial charge in [-0.3, -0.25) is 9.59 Å². The van der Waals surface area contributed by atoms with Crippen LogP contribution in [0, 0.1) is 5.92 Å². The Labute approximate surface area is 127 Å². The number of aromatic nitrogens is 1. The van der Waals surface area contributed by atoms with Gasteiger partial charge < -0.3 is 15.6 Å². The number of nitrogens with one attached hydrogen (secondary N) is 1. The van der Waals surface area contributed by atoms with Crippen LogP contribution in [-0.4, -0.2) is 22.4 Å². The molecule has 1 aromatic rings. The molecule has 3 N–H and O–H groups in total. The molecule has 20 heavy (non-hydrogen) atoms. The molecule has 0 radical (unpaired) electrons. The summed E-state index contributed by atoms with van der Waals surface area (Å²) >= 11 is 3.39. The second-order valence-corrected chi connectivity index (χ2v) is 6.17. The summed E-state index contributed by atoms with van der Waals surface area (Å²) in [6.07, 6.45) is 5.05. The molecular formula is C14H20BrN3O2. The minimum Gasteiger partial charge on any atom is -0.369 e. The molecule has 110 valence electrons. The first-order valence-electron chi connectivity index (χ1n) is 6.97. The summed E-state index contributed by atoms with van der Waals surface area (Å²) in [7, 11) is 0. The van der Waals surface area contributed by atoms with Crippen molar-refractivity contribution in [3.05, 3.63) is 22.4 Å². The lowest BCUT2D eigenvalue weighted by Gasteiger charge is -2.27. The average molecular weight is 342 g/mol. The number of aryl methyl sites for hydroxylation is 1. The minimum atomic E-state index is -0.224. The molecule has 2 amide bonds. The number of rotatable bonds is 4. The van der Waals surface area contributed by atoms with E-state index in [9.17, 15) is 9.59 Å². The molecule has 5 nitrogen and oxygen atoms in total. The van der Waals surface area contributed by atoms with Crippen molar-refractivity contribution >= 4 is 27.7 Å².